The summed E-state index contributed by atoms with van der Waals surface area (Å²) in [6.07, 6.45) is 1.33. The van der Waals surface area contributed by atoms with Crippen molar-refractivity contribution in [1.82, 2.24) is 4.98 Å². The number of aromatic carboxylic acids is 1. The Bertz CT molecular complexity index is 537. The Morgan fingerprint density at radius 1 is 1.29 bits per heavy atom. The van der Waals surface area contributed by atoms with Crippen molar-refractivity contribution in [3.8, 4) is 0 Å². The number of pyridine rings is 1. The Kier molecular flexibility index (Phi) is 3.97. The number of hydrogen-bond acceptors (Lipinski definition) is 4. The molecule has 1 aliphatic heterocycles. The highest BCUT2D eigenvalue weighted by atomic mass is 16.4. The van der Waals surface area contributed by atoms with E-state index in [1.165, 1.54) is 0 Å². The molecule has 21 heavy (non-hydrogen) atoms. The van der Waals surface area contributed by atoms with Gasteiger partial charge in [-0.2, -0.15) is 0 Å². The van der Waals surface area contributed by atoms with Gasteiger partial charge in [-0.05, 0) is 31.9 Å². The highest BCUT2D eigenvalue weighted by molar-refractivity contribution is 5.88. The molecule has 0 spiro atoms. The minimum Gasteiger partial charge on any atom is -0.478 e. The monoisotopic (exact) mass is 292 g/mol. The molecule has 0 aliphatic carbocycles. The van der Waals surface area contributed by atoms with Gasteiger partial charge in [0, 0.05) is 24.2 Å². The molecule has 0 aromatic carbocycles. The Morgan fingerprint density at radius 2 is 1.86 bits per heavy atom. The van der Waals surface area contributed by atoms with E-state index in [-0.39, 0.29) is 11.0 Å². The third-order valence-electron chi connectivity index (χ3n) is 3.99. The molecule has 0 unspecified atom stereocenters. The summed E-state index contributed by atoms with van der Waals surface area (Å²) in [5.41, 5.74) is 0.201. The van der Waals surface area contributed by atoms with E-state index >= 15 is 0 Å². The second-order valence-corrected chi connectivity index (χ2v) is 7.14. The van der Waals surface area contributed by atoms with E-state index in [1.807, 2.05) is 27.7 Å². The van der Waals surface area contributed by atoms with Crippen molar-refractivity contribution < 1.29 is 15.0 Å². The number of anilines is 1. The summed E-state index contributed by atoms with van der Waals surface area (Å²) in [7, 11) is 0. The van der Waals surface area contributed by atoms with Gasteiger partial charge in [0.15, 0.2) is 0 Å². The van der Waals surface area contributed by atoms with E-state index in [2.05, 4.69) is 9.88 Å². The maximum atomic E-state index is 11.3. The summed E-state index contributed by atoms with van der Waals surface area (Å²) in [6, 6.07) is 3.27. The van der Waals surface area contributed by atoms with Crippen LogP contribution in [-0.4, -0.2) is 39.9 Å². The molecule has 0 atom stereocenters. The van der Waals surface area contributed by atoms with Crippen LogP contribution in [0.25, 0.3) is 0 Å². The van der Waals surface area contributed by atoms with Gasteiger partial charge in [-0.15, -0.1) is 0 Å². The van der Waals surface area contributed by atoms with Gasteiger partial charge >= 0.3 is 5.97 Å². The van der Waals surface area contributed by atoms with Crippen LogP contribution in [0.1, 0.15) is 56.6 Å². The molecule has 1 aliphatic rings. The lowest BCUT2D eigenvalue weighted by atomic mass is 9.90. The molecule has 1 aromatic heterocycles. The van der Waals surface area contributed by atoms with Crippen molar-refractivity contribution in [1.29, 1.82) is 0 Å². The SMILES string of the molecule is CC1(O)CCN(c2cc(C(=O)O)cc(C(C)(C)C)n2)CC1. The average molecular weight is 292 g/mol. The number of carboxylic acid groups (broad SMARTS) is 1. The van der Waals surface area contributed by atoms with Crippen molar-refractivity contribution >= 4 is 11.8 Å². The summed E-state index contributed by atoms with van der Waals surface area (Å²) in [5, 5.41) is 19.3. The molecule has 0 saturated carbocycles. The van der Waals surface area contributed by atoms with Crippen LogP contribution in [-0.2, 0) is 5.41 Å². The standard InChI is InChI=1S/C16H24N2O3/c1-15(2,3)12-9-11(14(19)20)10-13(17-12)18-7-5-16(4,21)6-8-18/h9-10,21H,5-8H2,1-4H3,(H,19,20). The molecule has 0 radical (unpaired) electrons. The van der Waals surface area contributed by atoms with Crippen LogP contribution in [0.15, 0.2) is 12.1 Å². The van der Waals surface area contributed by atoms with Crippen LogP contribution in [0.5, 0.6) is 0 Å². The lowest BCUT2D eigenvalue weighted by Crippen LogP contribution is -2.43. The predicted molar refractivity (Wildman–Crippen MR) is 82.0 cm³/mol. The first-order chi connectivity index (χ1) is 9.58. The van der Waals surface area contributed by atoms with Gasteiger partial charge in [0.2, 0.25) is 0 Å². The van der Waals surface area contributed by atoms with E-state index < -0.39 is 11.6 Å². The molecule has 5 heteroatoms. The van der Waals surface area contributed by atoms with Gasteiger partial charge in [-0.3, -0.25) is 0 Å². The Morgan fingerprint density at radius 3 is 2.33 bits per heavy atom. The summed E-state index contributed by atoms with van der Waals surface area (Å²) >= 11 is 0. The molecule has 2 heterocycles. The fourth-order valence-corrected chi connectivity index (χ4v) is 2.40. The molecular weight excluding hydrogens is 268 g/mol. The number of piperidine rings is 1. The van der Waals surface area contributed by atoms with Crippen LogP contribution in [0.2, 0.25) is 0 Å². The van der Waals surface area contributed by atoms with Crippen molar-refractivity contribution in [3.05, 3.63) is 23.4 Å². The molecule has 5 nitrogen and oxygen atoms in total. The van der Waals surface area contributed by atoms with Crippen LogP contribution in [0.4, 0.5) is 5.82 Å². The Labute approximate surface area is 125 Å². The zero-order valence-electron chi connectivity index (χ0n) is 13.2. The van der Waals surface area contributed by atoms with Crippen molar-refractivity contribution in [2.45, 2.75) is 51.6 Å². The third kappa shape index (κ3) is 3.73. The number of hydrogen-bond donors (Lipinski definition) is 2. The molecule has 2 rings (SSSR count). The Hall–Kier alpha value is -1.62. The molecule has 1 aromatic rings. The summed E-state index contributed by atoms with van der Waals surface area (Å²) in [5.74, 6) is -0.247. The maximum absolute atomic E-state index is 11.3. The highest BCUT2D eigenvalue weighted by Crippen LogP contribution is 2.28. The van der Waals surface area contributed by atoms with Gasteiger partial charge < -0.3 is 15.1 Å². The van der Waals surface area contributed by atoms with Gasteiger partial charge in [0.25, 0.3) is 0 Å². The zero-order valence-corrected chi connectivity index (χ0v) is 13.2. The smallest absolute Gasteiger partial charge is 0.335 e. The minimum atomic E-state index is -0.937. The summed E-state index contributed by atoms with van der Waals surface area (Å²) in [6.45, 7) is 9.27. The highest BCUT2D eigenvalue weighted by Gasteiger charge is 2.29. The molecule has 0 bridgehead atoms. The third-order valence-corrected chi connectivity index (χ3v) is 3.99. The number of rotatable bonds is 2. The molecule has 1 fully saturated rings. The van der Waals surface area contributed by atoms with Crippen LogP contribution < -0.4 is 4.90 Å². The van der Waals surface area contributed by atoms with Crippen LogP contribution in [0, 0.1) is 0 Å². The van der Waals surface area contributed by atoms with E-state index in [1.54, 1.807) is 12.1 Å². The van der Waals surface area contributed by atoms with E-state index in [0.717, 1.165) is 5.69 Å². The van der Waals surface area contributed by atoms with Gasteiger partial charge in [0.1, 0.15) is 5.82 Å². The predicted octanol–water partition coefficient (Wildman–Crippen LogP) is 2.43. The number of carboxylic acids is 1. The van der Waals surface area contributed by atoms with E-state index in [0.29, 0.717) is 31.7 Å². The van der Waals surface area contributed by atoms with Crippen LogP contribution in [0.3, 0.4) is 0 Å². The molecule has 1 saturated heterocycles. The van der Waals surface area contributed by atoms with Crippen LogP contribution >= 0.6 is 0 Å². The van der Waals surface area contributed by atoms with Gasteiger partial charge in [-0.25, -0.2) is 9.78 Å². The van der Waals surface area contributed by atoms with E-state index in [4.69, 9.17) is 0 Å². The maximum Gasteiger partial charge on any atom is 0.335 e. The number of aliphatic hydroxyl groups is 1. The first-order valence-electron chi connectivity index (χ1n) is 7.32. The van der Waals surface area contributed by atoms with Crippen molar-refractivity contribution in [3.63, 3.8) is 0 Å². The fraction of sp³-hybridized carbons (Fsp3) is 0.625. The largest absolute Gasteiger partial charge is 0.478 e. The molecule has 2 N–H and O–H groups in total. The first-order valence-corrected chi connectivity index (χ1v) is 7.32. The zero-order chi connectivity index (χ0) is 15.8. The quantitative estimate of drug-likeness (QED) is 0.875. The normalized spacial score (nSPS) is 18.6. The minimum absolute atomic E-state index is 0.207. The molecular formula is C16H24N2O3. The number of aromatic nitrogens is 1. The second kappa shape index (κ2) is 5.30. The van der Waals surface area contributed by atoms with Crippen molar-refractivity contribution in [2.75, 3.05) is 18.0 Å². The number of nitrogens with zero attached hydrogens (tertiary/aromatic N) is 2. The Balaban J connectivity index is 2.35. The topological polar surface area (TPSA) is 73.7 Å². The van der Waals surface area contributed by atoms with Gasteiger partial charge in [-0.1, -0.05) is 20.8 Å². The second-order valence-electron chi connectivity index (χ2n) is 7.14. The van der Waals surface area contributed by atoms with Crippen molar-refractivity contribution in [2.24, 2.45) is 0 Å². The fourth-order valence-electron chi connectivity index (χ4n) is 2.40. The number of carbonyl (C=O) groups is 1. The first kappa shape index (κ1) is 15.8. The summed E-state index contributed by atoms with van der Waals surface area (Å²) in [4.78, 5) is 18.0. The lowest BCUT2D eigenvalue weighted by Gasteiger charge is -2.37. The molecule has 0 amide bonds. The average Bonchev–Trinajstić information content (AvgIpc) is 2.37. The summed E-state index contributed by atoms with van der Waals surface area (Å²) < 4.78 is 0. The molecule has 116 valence electrons. The van der Waals surface area contributed by atoms with E-state index in [9.17, 15) is 15.0 Å². The lowest BCUT2D eigenvalue weighted by molar-refractivity contribution is 0.0349. The van der Waals surface area contributed by atoms with Gasteiger partial charge in [0.05, 0.1) is 11.2 Å².